The predicted molar refractivity (Wildman–Crippen MR) is 107 cm³/mol. The Bertz CT molecular complexity index is 753. The summed E-state index contributed by atoms with van der Waals surface area (Å²) in [6.07, 6.45) is 0.916. The average Bonchev–Trinajstić information content (AvgIpc) is 2.62. The number of anilines is 1. The summed E-state index contributed by atoms with van der Waals surface area (Å²) in [5.41, 5.74) is 3.62. The van der Waals surface area contributed by atoms with Gasteiger partial charge in [0.1, 0.15) is 0 Å². The van der Waals surface area contributed by atoms with Gasteiger partial charge in [-0.3, -0.25) is 4.79 Å². The Morgan fingerprint density at radius 2 is 1.85 bits per heavy atom. The van der Waals surface area contributed by atoms with Gasteiger partial charge in [-0.15, -0.1) is 0 Å². The van der Waals surface area contributed by atoms with E-state index in [1.807, 2.05) is 26.0 Å². The van der Waals surface area contributed by atoms with E-state index < -0.39 is 0 Å². The molecule has 2 aromatic rings. The maximum Gasteiger partial charge on any atom is 0.255 e. The van der Waals surface area contributed by atoms with Gasteiger partial charge >= 0.3 is 0 Å². The highest BCUT2D eigenvalue weighted by Crippen LogP contribution is 2.31. The summed E-state index contributed by atoms with van der Waals surface area (Å²) in [6.45, 7) is 11.4. The molecule has 0 bridgehead atoms. The molecule has 2 aromatic carbocycles. The lowest BCUT2D eigenvalue weighted by molar-refractivity contribution is 0.102. The van der Waals surface area contributed by atoms with Crippen LogP contribution in [0.5, 0.6) is 11.5 Å². The number of aryl methyl sites for hydroxylation is 1. The molecule has 0 aliphatic carbocycles. The van der Waals surface area contributed by atoms with E-state index in [9.17, 15) is 4.79 Å². The van der Waals surface area contributed by atoms with Gasteiger partial charge in [0.05, 0.1) is 13.2 Å². The molecule has 0 saturated carbocycles. The summed E-state index contributed by atoms with van der Waals surface area (Å²) < 4.78 is 11.4. The Morgan fingerprint density at radius 1 is 1.08 bits per heavy atom. The summed E-state index contributed by atoms with van der Waals surface area (Å²) in [4.78, 5) is 12.8. The highest BCUT2D eigenvalue weighted by Gasteiger charge is 2.15. The van der Waals surface area contributed by atoms with Gasteiger partial charge in [-0.05, 0) is 55.5 Å². The van der Waals surface area contributed by atoms with Crippen molar-refractivity contribution in [3.8, 4) is 11.5 Å². The van der Waals surface area contributed by atoms with E-state index in [2.05, 4.69) is 32.2 Å². The molecule has 0 aliphatic heterocycles. The third kappa shape index (κ3) is 4.78. The molecular formula is C22H29NO3. The first-order valence-corrected chi connectivity index (χ1v) is 9.28. The zero-order valence-corrected chi connectivity index (χ0v) is 16.4. The van der Waals surface area contributed by atoms with Crippen molar-refractivity contribution in [1.82, 2.24) is 0 Å². The van der Waals surface area contributed by atoms with Crippen LogP contribution in [0.15, 0.2) is 36.4 Å². The maximum absolute atomic E-state index is 12.8. The Morgan fingerprint density at radius 3 is 2.50 bits per heavy atom. The highest BCUT2D eigenvalue weighted by atomic mass is 16.5. The minimum Gasteiger partial charge on any atom is -0.490 e. The van der Waals surface area contributed by atoms with Crippen molar-refractivity contribution in [2.75, 3.05) is 18.5 Å². The number of ether oxygens (including phenoxy) is 2. The van der Waals surface area contributed by atoms with Crippen molar-refractivity contribution < 1.29 is 14.3 Å². The molecule has 0 unspecified atom stereocenters. The Balaban J connectivity index is 2.29. The van der Waals surface area contributed by atoms with E-state index in [4.69, 9.17) is 9.47 Å². The van der Waals surface area contributed by atoms with Gasteiger partial charge in [0.2, 0.25) is 0 Å². The third-order valence-electron chi connectivity index (χ3n) is 4.13. The number of rotatable bonds is 8. The van der Waals surface area contributed by atoms with Gasteiger partial charge in [0.25, 0.3) is 5.91 Å². The van der Waals surface area contributed by atoms with E-state index in [1.54, 1.807) is 18.2 Å². The molecule has 0 heterocycles. The number of amides is 1. The van der Waals surface area contributed by atoms with Crippen molar-refractivity contribution in [2.45, 2.75) is 47.0 Å². The van der Waals surface area contributed by atoms with Gasteiger partial charge in [-0.2, -0.15) is 0 Å². The number of para-hydroxylation sites is 1. The van der Waals surface area contributed by atoms with Crippen molar-refractivity contribution in [1.29, 1.82) is 0 Å². The molecule has 0 atom stereocenters. The molecule has 4 heteroatoms. The van der Waals surface area contributed by atoms with Gasteiger partial charge in [-0.1, -0.05) is 39.0 Å². The third-order valence-corrected chi connectivity index (χ3v) is 4.13. The fraction of sp³-hybridized carbons (Fsp3) is 0.409. The van der Waals surface area contributed by atoms with Crippen LogP contribution in [0.4, 0.5) is 5.69 Å². The molecule has 0 saturated heterocycles. The second kappa shape index (κ2) is 9.27. The van der Waals surface area contributed by atoms with E-state index in [-0.39, 0.29) is 5.91 Å². The van der Waals surface area contributed by atoms with Gasteiger partial charge in [-0.25, -0.2) is 0 Å². The second-order valence-electron chi connectivity index (χ2n) is 6.59. The number of hydrogen-bond donors (Lipinski definition) is 1. The van der Waals surface area contributed by atoms with Crippen molar-refractivity contribution in [3.05, 3.63) is 53.1 Å². The van der Waals surface area contributed by atoms with E-state index in [1.165, 1.54) is 0 Å². The highest BCUT2D eigenvalue weighted by molar-refractivity contribution is 6.05. The lowest BCUT2D eigenvalue weighted by atomic mass is 9.98. The number of benzene rings is 2. The first kappa shape index (κ1) is 19.8. The number of carbonyl (C=O) groups is 1. The van der Waals surface area contributed by atoms with Gasteiger partial charge in [0.15, 0.2) is 11.5 Å². The minimum absolute atomic E-state index is 0.149. The normalized spacial score (nSPS) is 10.7. The fourth-order valence-corrected chi connectivity index (χ4v) is 2.78. The van der Waals surface area contributed by atoms with Gasteiger partial charge < -0.3 is 14.8 Å². The molecule has 1 N–H and O–H groups in total. The molecule has 4 nitrogen and oxygen atoms in total. The zero-order chi connectivity index (χ0) is 19.1. The van der Waals surface area contributed by atoms with Crippen LogP contribution in [0.1, 0.15) is 61.5 Å². The first-order valence-electron chi connectivity index (χ1n) is 9.28. The molecule has 2 rings (SSSR count). The SMILES string of the molecule is CCCOc1ccc(C(=O)Nc2c(C)cccc2C(C)C)cc1OCC. The Hall–Kier alpha value is -2.49. The largest absolute Gasteiger partial charge is 0.490 e. The predicted octanol–water partition coefficient (Wildman–Crippen LogP) is 5.56. The topological polar surface area (TPSA) is 47.6 Å². The molecule has 0 aliphatic rings. The van der Waals surface area contributed by atoms with E-state index in [0.29, 0.717) is 36.2 Å². The van der Waals surface area contributed by atoms with Crippen LogP contribution < -0.4 is 14.8 Å². The molecule has 0 spiro atoms. The van der Waals surface area contributed by atoms with E-state index in [0.717, 1.165) is 23.2 Å². The summed E-state index contributed by atoms with van der Waals surface area (Å²) in [6, 6.07) is 11.4. The van der Waals surface area contributed by atoms with Crippen molar-refractivity contribution in [3.63, 3.8) is 0 Å². The van der Waals surface area contributed by atoms with Gasteiger partial charge in [0, 0.05) is 11.3 Å². The lowest BCUT2D eigenvalue weighted by Crippen LogP contribution is -2.15. The first-order chi connectivity index (χ1) is 12.5. The Kier molecular flexibility index (Phi) is 7.07. The fourth-order valence-electron chi connectivity index (χ4n) is 2.78. The number of carbonyl (C=O) groups excluding carboxylic acids is 1. The number of hydrogen-bond acceptors (Lipinski definition) is 3. The monoisotopic (exact) mass is 355 g/mol. The summed E-state index contributed by atoms with van der Waals surface area (Å²) in [5, 5.41) is 3.07. The molecule has 26 heavy (non-hydrogen) atoms. The van der Waals surface area contributed by atoms with Crippen LogP contribution in [-0.2, 0) is 0 Å². The average molecular weight is 355 g/mol. The van der Waals surface area contributed by atoms with Crippen LogP contribution >= 0.6 is 0 Å². The summed E-state index contributed by atoms with van der Waals surface area (Å²) in [5.74, 6) is 1.45. The zero-order valence-electron chi connectivity index (χ0n) is 16.4. The van der Waals surface area contributed by atoms with Crippen molar-refractivity contribution in [2.24, 2.45) is 0 Å². The van der Waals surface area contributed by atoms with Crippen LogP contribution in [0.25, 0.3) is 0 Å². The van der Waals surface area contributed by atoms with Crippen molar-refractivity contribution >= 4 is 11.6 Å². The molecule has 0 fully saturated rings. The minimum atomic E-state index is -0.149. The molecule has 1 amide bonds. The quantitative estimate of drug-likeness (QED) is 0.674. The summed E-state index contributed by atoms with van der Waals surface area (Å²) in [7, 11) is 0. The molecule has 140 valence electrons. The van der Waals surface area contributed by atoms with Crippen LogP contribution in [-0.4, -0.2) is 19.1 Å². The standard InChI is InChI=1S/C22H29NO3/c1-6-13-26-19-12-11-17(14-20(19)25-7-2)22(24)23-21-16(5)9-8-10-18(21)15(3)4/h8-12,14-15H,6-7,13H2,1-5H3,(H,23,24). The Labute approximate surface area is 156 Å². The smallest absolute Gasteiger partial charge is 0.255 e. The molecular weight excluding hydrogens is 326 g/mol. The lowest BCUT2D eigenvalue weighted by Gasteiger charge is -2.17. The summed E-state index contributed by atoms with van der Waals surface area (Å²) >= 11 is 0. The number of nitrogens with one attached hydrogen (secondary N) is 1. The van der Waals surface area contributed by atoms with Crippen LogP contribution in [0, 0.1) is 6.92 Å². The molecule has 0 radical (unpaired) electrons. The van der Waals surface area contributed by atoms with Crippen LogP contribution in [0.3, 0.4) is 0 Å². The van der Waals surface area contributed by atoms with E-state index >= 15 is 0 Å². The maximum atomic E-state index is 12.8. The second-order valence-corrected chi connectivity index (χ2v) is 6.59. The molecule has 0 aromatic heterocycles. The van der Waals surface area contributed by atoms with Crippen LogP contribution in [0.2, 0.25) is 0 Å².